The van der Waals surface area contributed by atoms with E-state index in [1.54, 1.807) is 0 Å². The van der Waals surface area contributed by atoms with Crippen molar-refractivity contribution in [1.82, 2.24) is 5.32 Å². The molecule has 0 aliphatic heterocycles. The van der Waals surface area contributed by atoms with Gasteiger partial charge in [0.2, 0.25) is 0 Å². The molecule has 1 fully saturated rings. The van der Waals surface area contributed by atoms with Crippen LogP contribution in [0.3, 0.4) is 0 Å². The largest absolute Gasteiger partial charge is 0.491 e. The predicted octanol–water partition coefficient (Wildman–Crippen LogP) is 3.55. The van der Waals surface area contributed by atoms with Gasteiger partial charge in [-0.05, 0) is 52.6 Å². The minimum Gasteiger partial charge on any atom is -0.491 e. The van der Waals surface area contributed by atoms with Gasteiger partial charge in [-0.25, -0.2) is 0 Å². The molecule has 2 atom stereocenters. The molecule has 2 unspecified atom stereocenters. The highest BCUT2D eigenvalue weighted by atomic mass is 16.5. The summed E-state index contributed by atoms with van der Waals surface area (Å²) in [6, 6.07) is 8.49. The van der Waals surface area contributed by atoms with Crippen molar-refractivity contribution in [3.8, 4) is 5.75 Å². The Kier molecular flexibility index (Phi) is 5.44. The van der Waals surface area contributed by atoms with Crippen LogP contribution in [-0.4, -0.2) is 25.9 Å². The third-order valence-corrected chi connectivity index (χ3v) is 3.70. The van der Waals surface area contributed by atoms with E-state index in [1.807, 2.05) is 13.1 Å². The maximum Gasteiger partial charge on any atom is 0.124 e. The van der Waals surface area contributed by atoms with Crippen LogP contribution in [-0.2, 0) is 4.74 Å². The van der Waals surface area contributed by atoms with Crippen molar-refractivity contribution in [2.45, 2.75) is 51.9 Å². The lowest BCUT2D eigenvalue weighted by atomic mass is 9.97. The monoisotopic (exact) mass is 277 g/mol. The molecule has 1 saturated carbocycles. The predicted molar refractivity (Wildman–Crippen MR) is 82.1 cm³/mol. The van der Waals surface area contributed by atoms with Gasteiger partial charge in [-0.3, -0.25) is 0 Å². The van der Waals surface area contributed by atoms with E-state index in [9.17, 15) is 0 Å². The number of hydrogen-bond acceptors (Lipinski definition) is 3. The maximum absolute atomic E-state index is 6.02. The summed E-state index contributed by atoms with van der Waals surface area (Å²) >= 11 is 0. The zero-order valence-electron chi connectivity index (χ0n) is 13.1. The lowest BCUT2D eigenvalue weighted by Gasteiger charge is -2.29. The Balaban J connectivity index is 2.25. The number of benzene rings is 1. The summed E-state index contributed by atoms with van der Waals surface area (Å²) in [6.07, 6.45) is 2.97. The van der Waals surface area contributed by atoms with E-state index in [1.165, 1.54) is 18.4 Å². The molecule has 1 aromatic carbocycles. The first-order chi connectivity index (χ1) is 9.67. The van der Waals surface area contributed by atoms with Crippen LogP contribution < -0.4 is 10.1 Å². The van der Waals surface area contributed by atoms with E-state index >= 15 is 0 Å². The van der Waals surface area contributed by atoms with Gasteiger partial charge < -0.3 is 14.8 Å². The molecule has 112 valence electrons. The second-order valence-corrected chi connectivity index (χ2v) is 5.73. The standard InChI is InChI=1S/C17H27NO2/c1-5-19-17(13-10-11-13)16(18-4)14-8-6-7-9-15(14)20-12(2)3/h6-9,12-13,16-18H,5,10-11H2,1-4H3. The fourth-order valence-electron chi connectivity index (χ4n) is 2.72. The van der Waals surface area contributed by atoms with Crippen molar-refractivity contribution in [3.63, 3.8) is 0 Å². The first-order valence-electron chi connectivity index (χ1n) is 7.71. The molecule has 0 spiro atoms. The Morgan fingerprint density at radius 1 is 1.25 bits per heavy atom. The van der Waals surface area contributed by atoms with Crippen LogP contribution in [0.25, 0.3) is 0 Å². The maximum atomic E-state index is 6.02. The molecule has 3 heteroatoms. The molecule has 2 rings (SSSR count). The fourth-order valence-corrected chi connectivity index (χ4v) is 2.72. The average Bonchev–Trinajstić information content (AvgIpc) is 3.24. The van der Waals surface area contributed by atoms with Gasteiger partial charge in [-0.2, -0.15) is 0 Å². The Morgan fingerprint density at radius 3 is 2.50 bits per heavy atom. The van der Waals surface area contributed by atoms with Gasteiger partial charge in [0.05, 0.1) is 18.2 Å². The third kappa shape index (κ3) is 3.74. The molecule has 0 amide bonds. The summed E-state index contributed by atoms with van der Waals surface area (Å²) in [5, 5.41) is 3.43. The first-order valence-corrected chi connectivity index (χ1v) is 7.71. The van der Waals surface area contributed by atoms with Gasteiger partial charge in [0.25, 0.3) is 0 Å². The summed E-state index contributed by atoms with van der Waals surface area (Å²) < 4.78 is 12.0. The molecule has 1 aromatic rings. The van der Waals surface area contributed by atoms with Gasteiger partial charge in [0.1, 0.15) is 5.75 Å². The smallest absolute Gasteiger partial charge is 0.124 e. The van der Waals surface area contributed by atoms with Gasteiger partial charge in [0, 0.05) is 12.2 Å². The number of rotatable bonds is 8. The SMILES string of the molecule is CCOC(C1CC1)C(NC)c1ccccc1OC(C)C. The van der Waals surface area contributed by atoms with Gasteiger partial charge in [-0.1, -0.05) is 18.2 Å². The summed E-state index contributed by atoms with van der Waals surface area (Å²) in [5.74, 6) is 1.65. The highest BCUT2D eigenvalue weighted by Gasteiger charge is 2.38. The molecule has 0 saturated heterocycles. The van der Waals surface area contributed by atoms with Gasteiger partial charge in [0.15, 0.2) is 0 Å². The Bertz CT molecular complexity index is 415. The van der Waals surface area contributed by atoms with Crippen molar-refractivity contribution in [1.29, 1.82) is 0 Å². The number of nitrogens with one attached hydrogen (secondary N) is 1. The first kappa shape index (κ1) is 15.3. The zero-order chi connectivity index (χ0) is 14.5. The molecule has 0 radical (unpaired) electrons. The van der Waals surface area contributed by atoms with Crippen LogP contribution in [0.4, 0.5) is 0 Å². The lowest BCUT2D eigenvalue weighted by Crippen LogP contribution is -2.34. The Morgan fingerprint density at radius 2 is 1.95 bits per heavy atom. The number of ether oxygens (including phenoxy) is 2. The highest BCUT2D eigenvalue weighted by molar-refractivity contribution is 5.37. The second-order valence-electron chi connectivity index (χ2n) is 5.73. The summed E-state index contributed by atoms with van der Waals surface area (Å²) in [5.41, 5.74) is 1.20. The molecule has 1 N–H and O–H groups in total. The minimum atomic E-state index is 0.181. The van der Waals surface area contributed by atoms with Crippen LogP contribution in [0.5, 0.6) is 5.75 Å². The summed E-state index contributed by atoms with van der Waals surface area (Å²) in [4.78, 5) is 0. The van der Waals surface area contributed by atoms with E-state index in [0.29, 0.717) is 5.92 Å². The quantitative estimate of drug-likeness (QED) is 0.788. The van der Waals surface area contributed by atoms with E-state index < -0.39 is 0 Å². The Labute approximate surface area is 122 Å². The third-order valence-electron chi connectivity index (χ3n) is 3.70. The van der Waals surface area contributed by atoms with Crippen LogP contribution in [0.2, 0.25) is 0 Å². The molecule has 0 heterocycles. The van der Waals surface area contributed by atoms with Crippen molar-refractivity contribution in [3.05, 3.63) is 29.8 Å². The van der Waals surface area contributed by atoms with Crippen LogP contribution in [0.1, 0.15) is 45.2 Å². The molecule has 1 aliphatic rings. The van der Waals surface area contributed by atoms with E-state index in [-0.39, 0.29) is 18.2 Å². The normalized spacial score (nSPS) is 18.1. The minimum absolute atomic E-state index is 0.181. The fraction of sp³-hybridized carbons (Fsp3) is 0.647. The van der Waals surface area contributed by atoms with E-state index in [2.05, 4.69) is 44.3 Å². The molecular weight excluding hydrogens is 250 g/mol. The molecule has 3 nitrogen and oxygen atoms in total. The van der Waals surface area contributed by atoms with Crippen molar-refractivity contribution in [2.24, 2.45) is 5.92 Å². The molecule has 0 bridgehead atoms. The van der Waals surface area contributed by atoms with Gasteiger partial charge >= 0.3 is 0 Å². The molecule has 20 heavy (non-hydrogen) atoms. The number of hydrogen-bond donors (Lipinski definition) is 1. The van der Waals surface area contributed by atoms with E-state index in [0.717, 1.165) is 12.4 Å². The number of likely N-dealkylation sites (N-methyl/N-ethyl adjacent to an activating group) is 1. The number of para-hydroxylation sites is 1. The highest BCUT2D eigenvalue weighted by Crippen LogP contribution is 2.41. The molecular formula is C17H27NO2. The molecule has 0 aromatic heterocycles. The van der Waals surface area contributed by atoms with Gasteiger partial charge in [-0.15, -0.1) is 0 Å². The lowest BCUT2D eigenvalue weighted by molar-refractivity contribution is 0.0195. The molecule has 1 aliphatic carbocycles. The second kappa shape index (κ2) is 7.09. The van der Waals surface area contributed by atoms with Crippen LogP contribution >= 0.6 is 0 Å². The average molecular weight is 277 g/mol. The van der Waals surface area contributed by atoms with Crippen LogP contribution in [0.15, 0.2) is 24.3 Å². The van der Waals surface area contributed by atoms with Crippen LogP contribution in [0, 0.1) is 5.92 Å². The summed E-state index contributed by atoms with van der Waals surface area (Å²) in [7, 11) is 2.01. The van der Waals surface area contributed by atoms with Crippen molar-refractivity contribution < 1.29 is 9.47 Å². The topological polar surface area (TPSA) is 30.5 Å². The van der Waals surface area contributed by atoms with Crippen molar-refractivity contribution >= 4 is 0 Å². The van der Waals surface area contributed by atoms with Crippen molar-refractivity contribution in [2.75, 3.05) is 13.7 Å². The Hall–Kier alpha value is -1.06. The van der Waals surface area contributed by atoms with E-state index in [4.69, 9.17) is 9.47 Å². The summed E-state index contributed by atoms with van der Waals surface area (Å²) in [6.45, 7) is 6.95. The zero-order valence-corrected chi connectivity index (χ0v) is 13.1.